The molecule has 13 heavy (non-hydrogen) atoms. The van der Waals surface area contributed by atoms with Crippen LogP contribution in [0.1, 0.15) is 5.56 Å². The molecule has 0 aliphatic heterocycles. The van der Waals surface area contributed by atoms with Gasteiger partial charge in [-0.2, -0.15) is 0 Å². The molecule has 0 bridgehead atoms. The van der Waals surface area contributed by atoms with Gasteiger partial charge in [0.05, 0.1) is 12.6 Å². The molecule has 1 aromatic carbocycles. The zero-order valence-electron chi connectivity index (χ0n) is 8.16. The van der Waals surface area contributed by atoms with Crippen molar-refractivity contribution in [1.29, 1.82) is 0 Å². The van der Waals surface area contributed by atoms with E-state index < -0.39 is 0 Å². The normalized spacial score (nSPS) is 10.7. The van der Waals surface area contributed by atoms with Crippen LogP contribution in [0.15, 0.2) is 24.4 Å². The maximum absolute atomic E-state index is 5.21. The van der Waals surface area contributed by atoms with Gasteiger partial charge in [0.1, 0.15) is 5.75 Å². The number of aromatic nitrogens is 1. The van der Waals surface area contributed by atoms with Gasteiger partial charge in [0.25, 0.3) is 0 Å². The minimum absolute atomic E-state index is 0.923. The van der Waals surface area contributed by atoms with Gasteiger partial charge in [0, 0.05) is 24.7 Å². The average Bonchev–Trinajstić information content (AvgIpc) is 2.48. The second-order valence-electron chi connectivity index (χ2n) is 3.30. The summed E-state index contributed by atoms with van der Waals surface area (Å²) in [5.74, 6) is 0.923. The Labute approximate surface area is 77.7 Å². The Morgan fingerprint density at radius 2 is 2.08 bits per heavy atom. The molecule has 2 nitrogen and oxygen atoms in total. The Kier molecular flexibility index (Phi) is 1.76. The molecule has 68 valence electrons. The Balaban J connectivity index is 2.80. The molecule has 0 saturated heterocycles. The van der Waals surface area contributed by atoms with E-state index in [-0.39, 0.29) is 0 Å². The number of aryl methyl sites for hydroxylation is 2. The average molecular weight is 175 g/mol. The van der Waals surface area contributed by atoms with Crippen LogP contribution in [0.2, 0.25) is 0 Å². The lowest BCUT2D eigenvalue weighted by Gasteiger charge is -2.04. The van der Waals surface area contributed by atoms with Crippen LogP contribution in [0, 0.1) is 6.92 Å². The van der Waals surface area contributed by atoms with Crippen molar-refractivity contribution in [2.45, 2.75) is 6.92 Å². The summed E-state index contributed by atoms with van der Waals surface area (Å²) in [5.41, 5.74) is 2.48. The van der Waals surface area contributed by atoms with Crippen LogP contribution in [-0.4, -0.2) is 11.7 Å². The number of hydrogen-bond donors (Lipinski definition) is 0. The predicted molar refractivity (Wildman–Crippen MR) is 54.2 cm³/mol. The van der Waals surface area contributed by atoms with Crippen LogP contribution in [-0.2, 0) is 7.05 Å². The lowest BCUT2D eigenvalue weighted by Crippen LogP contribution is -1.88. The van der Waals surface area contributed by atoms with E-state index in [0.29, 0.717) is 0 Å². The van der Waals surface area contributed by atoms with Gasteiger partial charge in [-0.05, 0) is 24.6 Å². The molecule has 1 heterocycles. The van der Waals surface area contributed by atoms with E-state index in [1.165, 1.54) is 16.5 Å². The molecule has 0 saturated carbocycles. The van der Waals surface area contributed by atoms with E-state index in [9.17, 15) is 0 Å². The maximum Gasteiger partial charge on any atom is 0.121 e. The quantitative estimate of drug-likeness (QED) is 0.649. The Morgan fingerprint density at radius 1 is 1.31 bits per heavy atom. The van der Waals surface area contributed by atoms with E-state index in [4.69, 9.17) is 4.74 Å². The minimum atomic E-state index is 0.923. The highest BCUT2D eigenvalue weighted by atomic mass is 16.5. The van der Waals surface area contributed by atoms with Gasteiger partial charge in [-0.25, -0.2) is 0 Å². The zero-order chi connectivity index (χ0) is 9.42. The molecule has 0 unspecified atom stereocenters. The van der Waals surface area contributed by atoms with Gasteiger partial charge >= 0.3 is 0 Å². The lowest BCUT2D eigenvalue weighted by atomic mass is 10.1. The van der Waals surface area contributed by atoms with E-state index in [0.717, 1.165) is 5.75 Å². The standard InChI is InChI=1S/C11H13NO/c1-8-6-9(13-3)7-11-10(8)4-5-12(11)2/h4-7H,1-3H3. The molecule has 0 radical (unpaired) electrons. The molecule has 0 N–H and O–H groups in total. The SMILES string of the molecule is COc1cc(C)c2ccn(C)c2c1. The van der Waals surface area contributed by atoms with Crippen molar-refractivity contribution in [3.05, 3.63) is 30.0 Å². The van der Waals surface area contributed by atoms with Gasteiger partial charge in [0.2, 0.25) is 0 Å². The summed E-state index contributed by atoms with van der Waals surface area (Å²) in [6.07, 6.45) is 2.07. The topological polar surface area (TPSA) is 14.2 Å². The van der Waals surface area contributed by atoms with Crippen molar-refractivity contribution in [3.63, 3.8) is 0 Å². The molecule has 2 rings (SSSR count). The largest absolute Gasteiger partial charge is 0.497 e. The van der Waals surface area contributed by atoms with Crippen LogP contribution in [0.3, 0.4) is 0 Å². The highest BCUT2D eigenvalue weighted by molar-refractivity contribution is 5.84. The summed E-state index contributed by atoms with van der Waals surface area (Å²) in [6.45, 7) is 2.10. The summed E-state index contributed by atoms with van der Waals surface area (Å²) < 4.78 is 7.32. The molecule has 0 fully saturated rings. The van der Waals surface area contributed by atoms with E-state index >= 15 is 0 Å². The molecule has 0 aliphatic carbocycles. The Bertz CT molecular complexity index is 443. The molecular formula is C11H13NO. The number of hydrogen-bond acceptors (Lipinski definition) is 1. The first-order valence-corrected chi connectivity index (χ1v) is 4.32. The number of methoxy groups -OCH3 is 1. The van der Waals surface area contributed by atoms with Crippen molar-refractivity contribution in [2.24, 2.45) is 7.05 Å². The first-order chi connectivity index (χ1) is 6.22. The highest BCUT2D eigenvalue weighted by Gasteiger charge is 2.03. The Hall–Kier alpha value is -1.44. The molecule has 2 heteroatoms. The number of nitrogens with zero attached hydrogens (tertiary/aromatic N) is 1. The maximum atomic E-state index is 5.21. The van der Waals surface area contributed by atoms with Crippen LogP contribution in [0.4, 0.5) is 0 Å². The molecule has 0 amide bonds. The van der Waals surface area contributed by atoms with Crippen molar-refractivity contribution in [2.75, 3.05) is 7.11 Å². The van der Waals surface area contributed by atoms with Gasteiger partial charge < -0.3 is 9.30 Å². The van der Waals surface area contributed by atoms with Crippen LogP contribution in [0.5, 0.6) is 5.75 Å². The first-order valence-electron chi connectivity index (χ1n) is 4.32. The third kappa shape index (κ3) is 1.18. The molecule has 0 atom stereocenters. The van der Waals surface area contributed by atoms with Gasteiger partial charge in [-0.1, -0.05) is 0 Å². The third-order valence-electron chi connectivity index (χ3n) is 2.42. The fourth-order valence-electron chi connectivity index (χ4n) is 1.64. The minimum Gasteiger partial charge on any atom is -0.497 e. The van der Waals surface area contributed by atoms with E-state index in [1.54, 1.807) is 7.11 Å². The smallest absolute Gasteiger partial charge is 0.121 e. The van der Waals surface area contributed by atoms with Gasteiger partial charge in [-0.3, -0.25) is 0 Å². The molecular weight excluding hydrogens is 162 g/mol. The summed E-state index contributed by atoms with van der Waals surface area (Å²) in [4.78, 5) is 0. The second-order valence-corrected chi connectivity index (χ2v) is 3.30. The summed E-state index contributed by atoms with van der Waals surface area (Å²) in [7, 11) is 3.74. The first kappa shape index (κ1) is 8.17. The van der Waals surface area contributed by atoms with Crippen molar-refractivity contribution in [1.82, 2.24) is 4.57 Å². The van der Waals surface area contributed by atoms with Crippen molar-refractivity contribution >= 4 is 10.9 Å². The fourth-order valence-corrected chi connectivity index (χ4v) is 1.64. The third-order valence-corrected chi connectivity index (χ3v) is 2.42. The monoisotopic (exact) mass is 175 g/mol. The summed E-state index contributed by atoms with van der Waals surface area (Å²) in [5, 5.41) is 1.29. The number of fused-ring (bicyclic) bond motifs is 1. The number of rotatable bonds is 1. The molecule has 0 spiro atoms. The fraction of sp³-hybridized carbons (Fsp3) is 0.273. The van der Waals surface area contributed by atoms with E-state index in [2.05, 4.69) is 35.9 Å². The highest BCUT2D eigenvalue weighted by Crippen LogP contribution is 2.24. The second kappa shape index (κ2) is 2.80. The van der Waals surface area contributed by atoms with Crippen LogP contribution >= 0.6 is 0 Å². The molecule has 0 aliphatic rings. The van der Waals surface area contributed by atoms with Crippen molar-refractivity contribution < 1.29 is 4.74 Å². The summed E-state index contributed by atoms with van der Waals surface area (Å²) >= 11 is 0. The number of benzene rings is 1. The van der Waals surface area contributed by atoms with Crippen LogP contribution in [0.25, 0.3) is 10.9 Å². The molecule has 1 aromatic heterocycles. The zero-order valence-corrected chi connectivity index (χ0v) is 8.16. The Morgan fingerprint density at radius 3 is 2.77 bits per heavy atom. The molecule has 2 aromatic rings. The van der Waals surface area contributed by atoms with Crippen molar-refractivity contribution in [3.8, 4) is 5.75 Å². The lowest BCUT2D eigenvalue weighted by molar-refractivity contribution is 0.415. The summed E-state index contributed by atoms with van der Waals surface area (Å²) in [6, 6.07) is 6.24. The number of ether oxygens (including phenoxy) is 1. The predicted octanol–water partition coefficient (Wildman–Crippen LogP) is 2.50. The van der Waals surface area contributed by atoms with E-state index in [1.807, 2.05) is 7.05 Å². The van der Waals surface area contributed by atoms with Gasteiger partial charge in [-0.15, -0.1) is 0 Å². The van der Waals surface area contributed by atoms with Crippen LogP contribution < -0.4 is 4.74 Å². The van der Waals surface area contributed by atoms with Gasteiger partial charge in [0.15, 0.2) is 0 Å².